The zero-order valence-electron chi connectivity index (χ0n) is 13.5. The predicted molar refractivity (Wildman–Crippen MR) is 83.8 cm³/mol. The molecule has 4 nitrogen and oxygen atoms in total. The Hall–Kier alpha value is -0.870. The van der Waals surface area contributed by atoms with E-state index in [0.717, 1.165) is 19.5 Å². The summed E-state index contributed by atoms with van der Waals surface area (Å²) in [4.78, 5) is 2.65. The van der Waals surface area contributed by atoms with Crippen molar-refractivity contribution in [1.29, 1.82) is 0 Å². The molecular formula is C16H30N4. The van der Waals surface area contributed by atoms with Crippen LogP contribution in [0.15, 0.2) is 6.07 Å². The van der Waals surface area contributed by atoms with Crippen LogP contribution in [0.3, 0.4) is 0 Å². The average Bonchev–Trinajstić information content (AvgIpc) is 2.80. The molecule has 1 N–H and O–H groups in total. The van der Waals surface area contributed by atoms with Crippen molar-refractivity contribution < 1.29 is 0 Å². The van der Waals surface area contributed by atoms with E-state index in [1.54, 1.807) is 0 Å². The molecule has 0 saturated carbocycles. The van der Waals surface area contributed by atoms with Crippen LogP contribution in [-0.2, 0) is 20.0 Å². The maximum Gasteiger partial charge on any atom is 0.0625 e. The van der Waals surface area contributed by atoms with Crippen molar-refractivity contribution in [1.82, 2.24) is 20.0 Å². The summed E-state index contributed by atoms with van der Waals surface area (Å²) in [6.07, 6.45) is 5.02. The predicted octanol–water partition coefficient (Wildman–Crippen LogP) is 2.33. The first-order chi connectivity index (χ1) is 9.65. The minimum atomic E-state index is 0.569. The Morgan fingerprint density at radius 1 is 1.40 bits per heavy atom. The molecule has 2 heterocycles. The second-order valence-electron chi connectivity index (χ2n) is 5.98. The zero-order valence-corrected chi connectivity index (χ0v) is 13.5. The Morgan fingerprint density at radius 3 is 2.85 bits per heavy atom. The molecule has 2 rings (SSSR count). The van der Waals surface area contributed by atoms with Gasteiger partial charge in [0.2, 0.25) is 0 Å². The minimum absolute atomic E-state index is 0.569. The Balaban J connectivity index is 2.06. The molecule has 2 atom stereocenters. The van der Waals surface area contributed by atoms with E-state index >= 15 is 0 Å². The van der Waals surface area contributed by atoms with Crippen LogP contribution in [0.25, 0.3) is 0 Å². The van der Waals surface area contributed by atoms with Crippen molar-refractivity contribution in [2.75, 3.05) is 13.1 Å². The number of aryl methyl sites for hydroxylation is 2. The Morgan fingerprint density at radius 2 is 2.20 bits per heavy atom. The van der Waals surface area contributed by atoms with E-state index in [-0.39, 0.29) is 0 Å². The smallest absolute Gasteiger partial charge is 0.0625 e. The van der Waals surface area contributed by atoms with E-state index < -0.39 is 0 Å². The summed E-state index contributed by atoms with van der Waals surface area (Å²) in [5, 5.41) is 8.17. The second-order valence-corrected chi connectivity index (χ2v) is 5.98. The van der Waals surface area contributed by atoms with Crippen molar-refractivity contribution in [3.8, 4) is 0 Å². The van der Waals surface area contributed by atoms with Crippen molar-refractivity contribution in [2.45, 2.75) is 65.1 Å². The van der Waals surface area contributed by atoms with Gasteiger partial charge in [-0.1, -0.05) is 20.3 Å². The highest BCUT2D eigenvalue weighted by Gasteiger charge is 2.27. The third kappa shape index (κ3) is 3.61. The molecule has 0 aliphatic carbocycles. The number of nitrogens with zero attached hydrogens (tertiary/aromatic N) is 3. The van der Waals surface area contributed by atoms with Gasteiger partial charge in [-0.2, -0.15) is 5.10 Å². The molecule has 1 aliphatic heterocycles. The lowest BCUT2D eigenvalue weighted by atomic mass is 9.96. The van der Waals surface area contributed by atoms with Gasteiger partial charge < -0.3 is 5.32 Å². The summed E-state index contributed by atoms with van der Waals surface area (Å²) in [5.74, 6) is 0. The van der Waals surface area contributed by atoms with Crippen LogP contribution < -0.4 is 5.32 Å². The normalized spacial score (nSPS) is 22.1. The van der Waals surface area contributed by atoms with Crippen molar-refractivity contribution >= 4 is 0 Å². The fourth-order valence-corrected chi connectivity index (χ4v) is 3.34. The first-order valence-corrected chi connectivity index (χ1v) is 8.14. The number of hydrogen-bond acceptors (Lipinski definition) is 3. The number of aromatic nitrogens is 2. The summed E-state index contributed by atoms with van der Waals surface area (Å²) in [5.41, 5.74) is 2.55. The van der Waals surface area contributed by atoms with Gasteiger partial charge in [0.25, 0.3) is 0 Å². The minimum Gasteiger partial charge on any atom is -0.313 e. The number of nitrogens with one attached hydrogen (secondary N) is 1. The number of rotatable bonds is 6. The summed E-state index contributed by atoms with van der Waals surface area (Å²) in [6, 6.07) is 3.49. The molecule has 1 aliphatic rings. The largest absolute Gasteiger partial charge is 0.313 e. The number of likely N-dealkylation sites (N-methyl/N-ethyl adjacent to an activating group) is 1. The molecule has 1 saturated heterocycles. The molecule has 4 heteroatoms. The van der Waals surface area contributed by atoms with Gasteiger partial charge in [-0.3, -0.25) is 9.58 Å². The van der Waals surface area contributed by atoms with Crippen LogP contribution in [0, 0.1) is 0 Å². The van der Waals surface area contributed by atoms with Gasteiger partial charge >= 0.3 is 0 Å². The maximum absolute atomic E-state index is 4.58. The lowest BCUT2D eigenvalue weighted by Gasteiger charge is -2.39. The molecule has 20 heavy (non-hydrogen) atoms. The molecule has 1 aromatic heterocycles. The lowest BCUT2D eigenvalue weighted by molar-refractivity contribution is 0.109. The standard InChI is InChI=1S/C16H30N4/c1-5-14-11-15(19(4)18-14)12-20-10-8-7-9-16(20)13(3)17-6-2/h11,13,16-17H,5-10,12H2,1-4H3. The first kappa shape index (κ1) is 15.5. The summed E-state index contributed by atoms with van der Waals surface area (Å²) in [6.45, 7) is 9.99. The summed E-state index contributed by atoms with van der Waals surface area (Å²) < 4.78 is 2.06. The van der Waals surface area contributed by atoms with Gasteiger partial charge in [0.1, 0.15) is 0 Å². The van der Waals surface area contributed by atoms with Crippen LogP contribution in [0.5, 0.6) is 0 Å². The lowest BCUT2D eigenvalue weighted by Crippen LogP contribution is -2.50. The van der Waals surface area contributed by atoms with Gasteiger partial charge in [-0.15, -0.1) is 0 Å². The molecule has 1 fully saturated rings. The monoisotopic (exact) mass is 278 g/mol. The molecule has 0 aromatic carbocycles. The van der Waals surface area contributed by atoms with E-state index in [1.165, 1.54) is 37.2 Å². The zero-order chi connectivity index (χ0) is 14.5. The quantitative estimate of drug-likeness (QED) is 0.867. The number of hydrogen-bond donors (Lipinski definition) is 1. The Bertz CT molecular complexity index is 413. The van der Waals surface area contributed by atoms with E-state index in [1.807, 2.05) is 0 Å². The highest BCUT2D eigenvalue weighted by atomic mass is 15.3. The van der Waals surface area contributed by atoms with Gasteiger partial charge in [0.15, 0.2) is 0 Å². The summed E-state index contributed by atoms with van der Waals surface area (Å²) in [7, 11) is 2.07. The fraction of sp³-hybridized carbons (Fsp3) is 0.812. The van der Waals surface area contributed by atoms with Gasteiger partial charge in [-0.25, -0.2) is 0 Å². The van der Waals surface area contributed by atoms with Crippen LogP contribution in [0.2, 0.25) is 0 Å². The van der Waals surface area contributed by atoms with E-state index in [0.29, 0.717) is 12.1 Å². The first-order valence-electron chi connectivity index (χ1n) is 8.14. The van der Waals surface area contributed by atoms with Crippen molar-refractivity contribution in [3.63, 3.8) is 0 Å². The topological polar surface area (TPSA) is 33.1 Å². The van der Waals surface area contributed by atoms with Crippen molar-refractivity contribution in [3.05, 3.63) is 17.5 Å². The van der Waals surface area contributed by atoms with Crippen LogP contribution in [-0.4, -0.2) is 39.9 Å². The average molecular weight is 278 g/mol. The van der Waals surface area contributed by atoms with E-state index in [4.69, 9.17) is 0 Å². The number of likely N-dealkylation sites (tertiary alicyclic amines) is 1. The molecule has 0 radical (unpaired) electrons. The third-order valence-electron chi connectivity index (χ3n) is 4.52. The van der Waals surface area contributed by atoms with Crippen molar-refractivity contribution in [2.24, 2.45) is 7.05 Å². The van der Waals surface area contributed by atoms with Gasteiger partial charge in [0.05, 0.1) is 11.4 Å². The van der Waals surface area contributed by atoms with Gasteiger partial charge in [-0.05, 0) is 45.3 Å². The molecule has 114 valence electrons. The van der Waals surface area contributed by atoms with E-state index in [2.05, 4.69) is 53.9 Å². The third-order valence-corrected chi connectivity index (χ3v) is 4.52. The maximum atomic E-state index is 4.58. The highest BCUT2D eigenvalue weighted by Crippen LogP contribution is 2.22. The molecule has 0 bridgehead atoms. The van der Waals surface area contributed by atoms with E-state index in [9.17, 15) is 0 Å². The summed E-state index contributed by atoms with van der Waals surface area (Å²) >= 11 is 0. The molecule has 0 amide bonds. The van der Waals surface area contributed by atoms with Gasteiger partial charge in [0, 0.05) is 25.7 Å². The molecule has 0 spiro atoms. The van der Waals surface area contributed by atoms with Crippen LogP contribution in [0.4, 0.5) is 0 Å². The second kappa shape index (κ2) is 7.23. The Labute approximate surface area is 123 Å². The number of piperidine rings is 1. The molecule has 1 aromatic rings. The SMILES string of the molecule is CCNC(C)C1CCCCN1Cc1cc(CC)nn1C. The van der Waals surface area contributed by atoms with Crippen LogP contribution in [0.1, 0.15) is 51.4 Å². The fourth-order valence-electron chi connectivity index (χ4n) is 3.34. The highest BCUT2D eigenvalue weighted by molar-refractivity contribution is 5.10. The Kier molecular flexibility index (Phi) is 5.61. The molecular weight excluding hydrogens is 248 g/mol. The van der Waals surface area contributed by atoms with Crippen LogP contribution >= 0.6 is 0 Å². The molecule has 2 unspecified atom stereocenters.